The molecule has 0 spiro atoms. The van der Waals surface area contributed by atoms with Gasteiger partial charge in [0.2, 0.25) is 0 Å². The van der Waals surface area contributed by atoms with Crippen LogP contribution in [0.1, 0.15) is 0 Å². The number of para-hydroxylation sites is 1. The van der Waals surface area contributed by atoms with Gasteiger partial charge in [-0.3, -0.25) is 0 Å². The molecule has 4 nitrogen and oxygen atoms in total. The zero-order chi connectivity index (χ0) is 10.5. The quantitative estimate of drug-likeness (QED) is 0.447. The molecular weight excluding hydrogens is 202 g/mol. The molecule has 0 aliphatic carbocycles. The van der Waals surface area contributed by atoms with Crippen LogP contribution in [0.5, 0.6) is 0 Å². The monoisotopic (exact) mass is 209 g/mol. The Morgan fingerprint density at radius 2 is 2.00 bits per heavy atom. The zero-order valence-electron chi connectivity index (χ0n) is 8.29. The normalized spacial score (nSPS) is 11.8. The molecule has 0 unspecified atom stereocenters. The van der Waals surface area contributed by atoms with Gasteiger partial charge in [0.05, 0.1) is 12.4 Å². The van der Waals surface area contributed by atoms with Crippen molar-refractivity contribution in [2.24, 2.45) is 0 Å². The summed E-state index contributed by atoms with van der Waals surface area (Å²) in [5.41, 5.74) is 3.35. The van der Waals surface area contributed by atoms with Gasteiger partial charge >= 0.3 is 0 Å². The van der Waals surface area contributed by atoms with E-state index in [-0.39, 0.29) is 0 Å². The van der Waals surface area contributed by atoms with Crippen molar-refractivity contribution in [3.8, 4) is 0 Å². The predicted molar refractivity (Wildman–Crippen MR) is 60.3 cm³/mol. The summed E-state index contributed by atoms with van der Waals surface area (Å²) in [6.45, 7) is 0. The van der Waals surface area contributed by atoms with Gasteiger partial charge in [0.25, 0.3) is 0 Å². The van der Waals surface area contributed by atoms with Gasteiger partial charge in [-0.25, -0.2) is 9.50 Å². The van der Waals surface area contributed by atoms with Crippen LogP contribution in [-0.2, 0) is 0 Å². The van der Waals surface area contributed by atoms with Gasteiger partial charge in [-0.2, -0.15) is 5.10 Å². The molecule has 0 atom stereocenters. The molecule has 0 radical (unpaired) electrons. The van der Waals surface area contributed by atoms with Crippen molar-refractivity contribution in [1.82, 2.24) is 14.6 Å². The maximum Gasteiger partial charge on any atom is 0.172 e. The highest BCUT2D eigenvalue weighted by atomic mass is 16.3. The van der Waals surface area contributed by atoms with Gasteiger partial charge in [0.15, 0.2) is 11.2 Å². The number of aromatic nitrogens is 3. The Balaban J connectivity index is 2.32. The van der Waals surface area contributed by atoms with E-state index >= 15 is 0 Å². The Labute approximate surface area is 90.1 Å². The van der Waals surface area contributed by atoms with E-state index in [2.05, 4.69) is 10.1 Å². The fraction of sp³-hybridized carbons (Fsp3) is 0. The van der Waals surface area contributed by atoms with Crippen molar-refractivity contribution < 1.29 is 4.42 Å². The summed E-state index contributed by atoms with van der Waals surface area (Å²) in [6.07, 6.45) is 3.58. The Morgan fingerprint density at radius 1 is 1.06 bits per heavy atom. The molecule has 0 N–H and O–H groups in total. The topological polar surface area (TPSA) is 43.3 Å². The second-order valence-corrected chi connectivity index (χ2v) is 3.69. The van der Waals surface area contributed by atoms with Crippen LogP contribution in [-0.4, -0.2) is 14.6 Å². The lowest BCUT2D eigenvalue weighted by molar-refractivity contribution is 0.663. The molecule has 4 heteroatoms. The van der Waals surface area contributed by atoms with Gasteiger partial charge in [0.1, 0.15) is 11.1 Å². The highest BCUT2D eigenvalue weighted by Gasteiger charge is 2.08. The number of rotatable bonds is 0. The lowest BCUT2D eigenvalue weighted by atomic mass is 10.2. The van der Waals surface area contributed by atoms with Crippen molar-refractivity contribution in [3.63, 3.8) is 0 Å². The summed E-state index contributed by atoms with van der Waals surface area (Å²) < 4.78 is 7.42. The summed E-state index contributed by atoms with van der Waals surface area (Å²) in [5.74, 6) is 0. The molecule has 16 heavy (non-hydrogen) atoms. The first-order chi connectivity index (χ1) is 7.92. The first kappa shape index (κ1) is 7.87. The number of furan rings is 1. The van der Waals surface area contributed by atoms with Gasteiger partial charge < -0.3 is 4.42 Å². The number of hydrogen-bond acceptors (Lipinski definition) is 3. The smallest absolute Gasteiger partial charge is 0.172 e. The van der Waals surface area contributed by atoms with E-state index in [4.69, 9.17) is 4.42 Å². The fourth-order valence-electron chi connectivity index (χ4n) is 1.97. The Bertz CT molecular complexity index is 813. The minimum absolute atomic E-state index is 0.761. The van der Waals surface area contributed by atoms with Crippen LogP contribution in [0, 0.1) is 0 Å². The van der Waals surface area contributed by atoms with Crippen LogP contribution in [0.15, 0.2) is 47.1 Å². The largest absolute Gasteiger partial charge is 0.453 e. The highest BCUT2D eigenvalue weighted by molar-refractivity contribution is 6.02. The third-order valence-corrected chi connectivity index (χ3v) is 2.71. The van der Waals surface area contributed by atoms with Gasteiger partial charge in [-0.1, -0.05) is 12.1 Å². The highest BCUT2D eigenvalue weighted by Crippen LogP contribution is 2.26. The summed E-state index contributed by atoms with van der Waals surface area (Å²) in [7, 11) is 0. The third kappa shape index (κ3) is 0.883. The average molecular weight is 209 g/mol. The lowest BCUT2D eigenvalue weighted by Gasteiger charge is -1.91. The molecular formula is C12H7N3O. The van der Waals surface area contributed by atoms with Crippen molar-refractivity contribution in [1.29, 1.82) is 0 Å². The second kappa shape index (κ2) is 2.61. The molecule has 76 valence electrons. The average Bonchev–Trinajstić information content (AvgIpc) is 2.88. The van der Waals surface area contributed by atoms with E-state index < -0.39 is 0 Å². The zero-order valence-corrected chi connectivity index (χ0v) is 8.29. The second-order valence-electron chi connectivity index (χ2n) is 3.69. The number of benzene rings is 1. The molecule has 0 aliphatic rings. The van der Waals surface area contributed by atoms with Crippen LogP contribution in [0.4, 0.5) is 0 Å². The first-order valence-corrected chi connectivity index (χ1v) is 5.03. The van der Waals surface area contributed by atoms with E-state index in [1.807, 2.05) is 36.5 Å². The van der Waals surface area contributed by atoms with Crippen LogP contribution in [0.25, 0.3) is 27.7 Å². The van der Waals surface area contributed by atoms with E-state index in [9.17, 15) is 0 Å². The van der Waals surface area contributed by atoms with Gasteiger partial charge in [0, 0.05) is 11.5 Å². The number of hydrogen-bond donors (Lipinski definition) is 0. The first-order valence-electron chi connectivity index (χ1n) is 5.03. The predicted octanol–water partition coefficient (Wildman–Crippen LogP) is 2.63. The summed E-state index contributed by atoms with van der Waals surface area (Å²) >= 11 is 0. The van der Waals surface area contributed by atoms with E-state index in [1.165, 1.54) is 0 Å². The van der Waals surface area contributed by atoms with E-state index in [0.717, 1.165) is 27.7 Å². The molecule has 0 saturated carbocycles. The Morgan fingerprint density at radius 3 is 3.00 bits per heavy atom. The SMILES string of the molecule is c1ccc2c(c1)oc1cn3nccc3nc12. The third-order valence-electron chi connectivity index (χ3n) is 2.71. The fourth-order valence-corrected chi connectivity index (χ4v) is 1.97. The van der Waals surface area contributed by atoms with Crippen molar-refractivity contribution in [3.05, 3.63) is 42.7 Å². The lowest BCUT2D eigenvalue weighted by Crippen LogP contribution is -1.88. The summed E-state index contributed by atoms with van der Waals surface area (Å²) in [5, 5.41) is 5.18. The summed E-state index contributed by atoms with van der Waals surface area (Å²) in [4.78, 5) is 4.53. The van der Waals surface area contributed by atoms with Crippen molar-refractivity contribution in [2.45, 2.75) is 0 Å². The van der Waals surface area contributed by atoms with Crippen LogP contribution in [0.2, 0.25) is 0 Å². The maximum atomic E-state index is 5.71. The minimum Gasteiger partial charge on any atom is -0.453 e. The van der Waals surface area contributed by atoms with E-state index in [1.54, 1.807) is 10.7 Å². The maximum absolute atomic E-state index is 5.71. The molecule has 4 rings (SSSR count). The molecule has 0 fully saturated rings. The van der Waals surface area contributed by atoms with Crippen LogP contribution < -0.4 is 0 Å². The summed E-state index contributed by atoms with van der Waals surface area (Å²) in [6, 6.07) is 9.78. The number of nitrogens with zero attached hydrogens (tertiary/aromatic N) is 3. The molecule has 0 amide bonds. The van der Waals surface area contributed by atoms with Gasteiger partial charge in [-0.05, 0) is 12.1 Å². The number of fused-ring (bicyclic) bond motifs is 4. The molecule has 3 aromatic heterocycles. The standard InChI is InChI=1S/C12H7N3O/c1-2-4-9-8(3-1)12-10(16-9)7-15-11(14-12)5-6-13-15/h1-7H. The van der Waals surface area contributed by atoms with E-state index in [0.29, 0.717) is 0 Å². The molecule has 0 aliphatic heterocycles. The Hall–Kier alpha value is -2.36. The van der Waals surface area contributed by atoms with Gasteiger partial charge in [-0.15, -0.1) is 0 Å². The molecule has 3 heterocycles. The molecule has 1 aromatic carbocycles. The Kier molecular flexibility index (Phi) is 1.28. The molecule has 4 aromatic rings. The van der Waals surface area contributed by atoms with Crippen molar-refractivity contribution >= 4 is 27.7 Å². The van der Waals surface area contributed by atoms with Crippen molar-refractivity contribution in [2.75, 3.05) is 0 Å². The minimum atomic E-state index is 0.761. The van der Waals surface area contributed by atoms with Crippen LogP contribution >= 0.6 is 0 Å². The van der Waals surface area contributed by atoms with Crippen LogP contribution in [0.3, 0.4) is 0 Å². The molecule has 0 saturated heterocycles. The molecule has 0 bridgehead atoms.